The van der Waals surface area contributed by atoms with Gasteiger partial charge in [0.25, 0.3) is 0 Å². The maximum absolute atomic E-state index is 12.9. The first kappa shape index (κ1) is 18.9. The fourth-order valence-corrected chi connectivity index (χ4v) is 4.75. The molecule has 1 saturated heterocycles. The molecule has 1 fully saturated rings. The summed E-state index contributed by atoms with van der Waals surface area (Å²) >= 11 is 0. The number of aromatic nitrogens is 1. The van der Waals surface area contributed by atoms with Crippen molar-refractivity contribution in [3.8, 4) is 0 Å². The molecule has 3 aromatic rings. The zero-order chi connectivity index (χ0) is 20.5. The monoisotopic (exact) mass is 398 g/mol. The number of pyridine rings is 1. The van der Waals surface area contributed by atoms with E-state index in [0.717, 1.165) is 47.8 Å². The largest absolute Gasteiger partial charge is 0.445 e. The summed E-state index contributed by atoms with van der Waals surface area (Å²) in [5.74, 6) is 0. The van der Waals surface area contributed by atoms with Gasteiger partial charge in [-0.1, -0.05) is 48.5 Å². The Balaban J connectivity index is 1.37. The summed E-state index contributed by atoms with van der Waals surface area (Å²) < 4.78 is 5.66. The molecule has 0 N–H and O–H groups in total. The van der Waals surface area contributed by atoms with E-state index >= 15 is 0 Å². The number of amides is 1. The third kappa shape index (κ3) is 3.70. The molecule has 0 spiro atoms. The Morgan fingerprint density at radius 3 is 2.80 bits per heavy atom. The van der Waals surface area contributed by atoms with Gasteiger partial charge in [-0.15, -0.1) is 0 Å². The Labute approximate surface area is 177 Å². The summed E-state index contributed by atoms with van der Waals surface area (Å²) in [5, 5.41) is 1.16. The molecule has 2 aromatic carbocycles. The first-order chi connectivity index (χ1) is 14.7. The van der Waals surface area contributed by atoms with Crippen molar-refractivity contribution in [3.63, 3.8) is 0 Å². The zero-order valence-corrected chi connectivity index (χ0v) is 17.3. The summed E-state index contributed by atoms with van der Waals surface area (Å²) in [6.07, 6.45) is 6.14. The molecule has 4 nitrogen and oxygen atoms in total. The molecule has 3 heterocycles. The summed E-state index contributed by atoms with van der Waals surface area (Å²) in [6.45, 7) is 2.34. The molecule has 0 aliphatic carbocycles. The van der Waals surface area contributed by atoms with Gasteiger partial charge in [-0.25, -0.2) is 4.79 Å². The molecule has 2 aliphatic rings. The molecular weight excluding hydrogens is 372 g/mol. The van der Waals surface area contributed by atoms with Crippen LogP contribution < -0.4 is 0 Å². The van der Waals surface area contributed by atoms with Crippen LogP contribution in [0.4, 0.5) is 4.79 Å². The van der Waals surface area contributed by atoms with Gasteiger partial charge in [0, 0.05) is 17.1 Å². The Kier molecular flexibility index (Phi) is 4.99. The van der Waals surface area contributed by atoms with E-state index < -0.39 is 0 Å². The highest BCUT2D eigenvalue weighted by Gasteiger charge is 2.38. The number of rotatable bonds is 3. The van der Waals surface area contributed by atoms with E-state index in [1.807, 2.05) is 42.2 Å². The number of carbonyl (C=O) groups is 1. The number of fused-ring (bicyclic) bond motifs is 3. The van der Waals surface area contributed by atoms with Crippen LogP contribution in [0.1, 0.15) is 42.5 Å². The number of hydrogen-bond acceptors (Lipinski definition) is 3. The van der Waals surface area contributed by atoms with Crippen molar-refractivity contribution in [2.75, 3.05) is 0 Å². The minimum atomic E-state index is -0.193. The van der Waals surface area contributed by atoms with Crippen LogP contribution in [0.2, 0.25) is 0 Å². The number of hydrogen-bond donors (Lipinski definition) is 0. The van der Waals surface area contributed by atoms with E-state index in [-0.39, 0.29) is 18.2 Å². The molecule has 2 atom stereocenters. The first-order valence-electron chi connectivity index (χ1n) is 10.7. The molecule has 152 valence electrons. The third-order valence-electron chi connectivity index (χ3n) is 6.25. The summed E-state index contributed by atoms with van der Waals surface area (Å²) in [4.78, 5) is 19.5. The molecular formula is C26H26N2O2. The smallest absolute Gasteiger partial charge is 0.410 e. The van der Waals surface area contributed by atoms with E-state index in [9.17, 15) is 4.79 Å². The standard InChI is InChI=1S/C26H26N2O2/c1-18-10-11-21-14-20(12-13-25(21)27-18)22-15-23-8-5-9-24(16-22)28(23)26(29)30-17-19-6-3-2-4-7-19/h2-4,6-7,10-15,23-24H,5,8-9,16-17H2,1H3. The molecule has 30 heavy (non-hydrogen) atoms. The van der Waals surface area contributed by atoms with E-state index in [4.69, 9.17) is 4.74 Å². The SMILES string of the molecule is Cc1ccc2cc(C3=CC4CCCC(C3)N4C(=O)OCc3ccccc3)ccc2n1. The van der Waals surface area contributed by atoms with Crippen molar-refractivity contribution in [2.45, 2.75) is 51.3 Å². The maximum atomic E-state index is 12.9. The van der Waals surface area contributed by atoms with Crippen LogP contribution in [0.3, 0.4) is 0 Å². The fraction of sp³-hybridized carbons (Fsp3) is 0.308. The molecule has 5 rings (SSSR count). The van der Waals surface area contributed by atoms with Crippen molar-refractivity contribution in [2.24, 2.45) is 0 Å². The topological polar surface area (TPSA) is 42.4 Å². The number of carbonyl (C=O) groups excluding carboxylic acids is 1. The molecule has 4 heteroatoms. The lowest BCUT2D eigenvalue weighted by molar-refractivity contribution is 0.0510. The molecule has 2 bridgehead atoms. The number of benzene rings is 2. The number of nitrogens with zero attached hydrogens (tertiary/aromatic N) is 2. The normalized spacial score (nSPS) is 20.7. The first-order valence-corrected chi connectivity index (χ1v) is 10.7. The highest BCUT2D eigenvalue weighted by Crippen LogP contribution is 2.38. The molecule has 1 amide bonds. The molecule has 0 saturated carbocycles. The van der Waals surface area contributed by atoms with E-state index in [1.54, 1.807) is 0 Å². The van der Waals surface area contributed by atoms with Crippen molar-refractivity contribution >= 4 is 22.6 Å². The molecule has 0 radical (unpaired) electrons. The van der Waals surface area contributed by atoms with Crippen LogP contribution >= 0.6 is 0 Å². The maximum Gasteiger partial charge on any atom is 0.410 e. The summed E-state index contributed by atoms with van der Waals surface area (Å²) in [6, 6.07) is 20.9. The van der Waals surface area contributed by atoms with Gasteiger partial charge in [-0.05, 0) is 67.5 Å². The average molecular weight is 399 g/mol. The van der Waals surface area contributed by atoms with Gasteiger partial charge in [0.1, 0.15) is 6.61 Å². The van der Waals surface area contributed by atoms with Crippen molar-refractivity contribution < 1.29 is 9.53 Å². The van der Waals surface area contributed by atoms with E-state index in [1.165, 1.54) is 11.1 Å². The van der Waals surface area contributed by atoms with Crippen LogP contribution in [0, 0.1) is 6.92 Å². The quantitative estimate of drug-likeness (QED) is 0.552. The van der Waals surface area contributed by atoms with Gasteiger partial charge in [-0.3, -0.25) is 9.88 Å². The lowest BCUT2D eigenvalue weighted by Crippen LogP contribution is -2.51. The van der Waals surface area contributed by atoms with Crippen molar-refractivity contribution in [1.29, 1.82) is 0 Å². The Hall–Kier alpha value is -3.14. The number of piperidine rings is 1. The predicted octanol–water partition coefficient (Wildman–Crippen LogP) is 5.89. The molecule has 2 unspecified atom stereocenters. The van der Waals surface area contributed by atoms with Gasteiger partial charge in [0.15, 0.2) is 0 Å². The Morgan fingerprint density at radius 1 is 1.10 bits per heavy atom. The van der Waals surface area contributed by atoms with E-state index in [0.29, 0.717) is 6.61 Å². The lowest BCUT2D eigenvalue weighted by atomic mass is 9.83. The van der Waals surface area contributed by atoms with Crippen LogP contribution in [0.25, 0.3) is 16.5 Å². The van der Waals surface area contributed by atoms with E-state index in [2.05, 4.69) is 41.4 Å². The van der Waals surface area contributed by atoms with Crippen LogP contribution in [-0.4, -0.2) is 28.1 Å². The van der Waals surface area contributed by atoms with Gasteiger partial charge in [0.05, 0.1) is 11.6 Å². The van der Waals surface area contributed by atoms with Crippen LogP contribution in [0.5, 0.6) is 0 Å². The highest BCUT2D eigenvalue weighted by atomic mass is 16.6. The Bertz CT molecular complexity index is 1110. The molecule has 1 aromatic heterocycles. The van der Waals surface area contributed by atoms with Crippen molar-refractivity contribution in [1.82, 2.24) is 9.88 Å². The third-order valence-corrected chi connectivity index (χ3v) is 6.25. The minimum absolute atomic E-state index is 0.114. The number of aryl methyl sites for hydroxylation is 1. The number of ether oxygens (including phenoxy) is 1. The van der Waals surface area contributed by atoms with Gasteiger partial charge >= 0.3 is 6.09 Å². The summed E-state index contributed by atoms with van der Waals surface area (Å²) in [5.41, 5.74) is 5.65. The molecule has 2 aliphatic heterocycles. The second-order valence-electron chi connectivity index (χ2n) is 8.36. The van der Waals surface area contributed by atoms with Gasteiger partial charge < -0.3 is 4.74 Å². The summed E-state index contributed by atoms with van der Waals surface area (Å²) in [7, 11) is 0. The van der Waals surface area contributed by atoms with Crippen LogP contribution in [-0.2, 0) is 11.3 Å². The zero-order valence-electron chi connectivity index (χ0n) is 17.3. The van der Waals surface area contributed by atoms with Gasteiger partial charge in [-0.2, -0.15) is 0 Å². The highest BCUT2D eigenvalue weighted by molar-refractivity contribution is 5.84. The minimum Gasteiger partial charge on any atom is -0.445 e. The second-order valence-corrected chi connectivity index (χ2v) is 8.36. The fourth-order valence-electron chi connectivity index (χ4n) is 4.75. The lowest BCUT2D eigenvalue weighted by Gasteiger charge is -2.44. The predicted molar refractivity (Wildman–Crippen MR) is 119 cm³/mol. The Morgan fingerprint density at radius 2 is 1.97 bits per heavy atom. The van der Waals surface area contributed by atoms with Gasteiger partial charge in [0.2, 0.25) is 0 Å². The second kappa shape index (κ2) is 7.94. The van der Waals surface area contributed by atoms with Crippen LogP contribution in [0.15, 0.2) is 66.7 Å². The van der Waals surface area contributed by atoms with Crippen molar-refractivity contribution in [3.05, 3.63) is 83.6 Å². The average Bonchev–Trinajstić information content (AvgIpc) is 2.77.